The van der Waals surface area contributed by atoms with Crippen LogP contribution in [0.5, 0.6) is 5.75 Å². The Bertz CT molecular complexity index is 1170. The van der Waals surface area contributed by atoms with Crippen LogP contribution in [0.15, 0.2) is 54.7 Å². The van der Waals surface area contributed by atoms with Gasteiger partial charge in [0.1, 0.15) is 30.4 Å². The Morgan fingerprint density at radius 3 is 2.62 bits per heavy atom. The minimum atomic E-state index is -0.409. The third kappa shape index (κ3) is 6.25. The molecule has 0 saturated carbocycles. The molecule has 7 heteroatoms. The van der Waals surface area contributed by atoms with E-state index in [1.807, 2.05) is 48.5 Å². The number of aliphatic hydroxyl groups excluding tert-OH is 1. The molecular formula is C27H27N3O4. The number of Topliss-reactive ketones (excluding diaryl/α,β-unsaturated/α-hetero) is 1. The molecular weight excluding hydrogens is 430 g/mol. The van der Waals surface area contributed by atoms with E-state index in [9.17, 15) is 10.1 Å². The highest BCUT2D eigenvalue weighted by molar-refractivity contribution is 5.79. The highest BCUT2D eigenvalue weighted by Gasteiger charge is 2.17. The fourth-order valence-corrected chi connectivity index (χ4v) is 3.87. The largest absolute Gasteiger partial charge is 0.489 e. The lowest BCUT2D eigenvalue weighted by Gasteiger charge is -2.23. The normalized spacial score (nSPS) is 13.9. The summed E-state index contributed by atoms with van der Waals surface area (Å²) in [6.45, 7) is 0.953. The first kappa shape index (κ1) is 23.6. The van der Waals surface area contributed by atoms with E-state index in [1.165, 1.54) is 0 Å². The summed E-state index contributed by atoms with van der Waals surface area (Å²) in [6, 6.07) is 17.6. The van der Waals surface area contributed by atoms with E-state index in [0.717, 1.165) is 35.2 Å². The zero-order valence-electron chi connectivity index (χ0n) is 18.9. The van der Waals surface area contributed by atoms with Crippen molar-refractivity contribution in [2.45, 2.75) is 38.2 Å². The smallest absolute Gasteiger partial charge is 0.158 e. The molecule has 2 heterocycles. The summed E-state index contributed by atoms with van der Waals surface area (Å²) in [5.41, 5.74) is 4.18. The standard InChI is InChI=1S/C27H27N3O4/c28-17-22-16-21(6-8-26(22)34-24-10-13-33-14-11-24)25-9-12-29-27(30-25)15-20-3-1-19(2-4-20)5-7-23(32)18-31/h1-4,6,8-9,12,16,24,31H,5,7,10-11,13-15,18H2. The van der Waals surface area contributed by atoms with Gasteiger partial charge in [0.15, 0.2) is 5.78 Å². The molecule has 0 spiro atoms. The quantitative estimate of drug-likeness (QED) is 0.523. The molecule has 3 aromatic rings. The third-order valence-electron chi connectivity index (χ3n) is 5.82. The van der Waals surface area contributed by atoms with Crippen LogP contribution in [0.4, 0.5) is 0 Å². The van der Waals surface area contributed by atoms with Crippen LogP contribution in [-0.4, -0.2) is 46.8 Å². The van der Waals surface area contributed by atoms with Gasteiger partial charge in [0.05, 0.1) is 24.5 Å². The molecule has 0 aliphatic carbocycles. The predicted octanol–water partition coefficient (Wildman–Crippen LogP) is 3.66. The highest BCUT2D eigenvalue weighted by atomic mass is 16.5. The Morgan fingerprint density at radius 2 is 1.88 bits per heavy atom. The van der Waals surface area contributed by atoms with Gasteiger partial charge in [-0.3, -0.25) is 4.79 Å². The van der Waals surface area contributed by atoms with Crippen molar-refractivity contribution in [2.24, 2.45) is 0 Å². The minimum Gasteiger partial charge on any atom is -0.489 e. The van der Waals surface area contributed by atoms with Gasteiger partial charge < -0.3 is 14.6 Å². The molecule has 34 heavy (non-hydrogen) atoms. The van der Waals surface area contributed by atoms with Crippen molar-refractivity contribution in [3.8, 4) is 23.1 Å². The maximum Gasteiger partial charge on any atom is 0.158 e. The first-order chi connectivity index (χ1) is 16.6. The van der Waals surface area contributed by atoms with Gasteiger partial charge in [-0.2, -0.15) is 5.26 Å². The summed E-state index contributed by atoms with van der Waals surface area (Å²) >= 11 is 0. The topological polar surface area (TPSA) is 105 Å². The van der Waals surface area contributed by atoms with Gasteiger partial charge in [0.2, 0.25) is 0 Å². The summed E-state index contributed by atoms with van der Waals surface area (Å²) in [5, 5.41) is 18.5. The van der Waals surface area contributed by atoms with Gasteiger partial charge in [-0.25, -0.2) is 9.97 Å². The zero-order valence-corrected chi connectivity index (χ0v) is 18.9. The van der Waals surface area contributed by atoms with Gasteiger partial charge in [0, 0.05) is 37.4 Å². The highest BCUT2D eigenvalue weighted by Crippen LogP contribution is 2.27. The Hall–Kier alpha value is -3.60. The number of aryl methyl sites for hydroxylation is 1. The van der Waals surface area contributed by atoms with E-state index in [4.69, 9.17) is 19.6 Å². The number of nitriles is 1. The number of ketones is 1. The molecule has 0 atom stereocenters. The summed E-state index contributed by atoms with van der Waals surface area (Å²) in [7, 11) is 0. The van der Waals surface area contributed by atoms with Crippen LogP contribution in [0, 0.1) is 11.3 Å². The zero-order chi connectivity index (χ0) is 23.8. The third-order valence-corrected chi connectivity index (χ3v) is 5.82. The Labute approximate surface area is 199 Å². The molecule has 0 bridgehead atoms. The number of aliphatic hydroxyl groups is 1. The van der Waals surface area contributed by atoms with Gasteiger partial charge in [-0.05, 0) is 41.8 Å². The second-order valence-electron chi connectivity index (χ2n) is 8.30. The van der Waals surface area contributed by atoms with Crippen LogP contribution in [0.1, 0.15) is 41.8 Å². The van der Waals surface area contributed by atoms with Gasteiger partial charge >= 0.3 is 0 Å². The number of benzene rings is 2. The number of nitrogens with zero attached hydrogens (tertiary/aromatic N) is 3. The fourth-order valence-electron chi connectivity index (χ4n) is 3.87. The Kier molecular flexibility index (Phi) is 7.97. The molecule has 1 N–H and O–H groups in total. The average molecular weight is 458 g/mol. The monoisotopic (exact) mass is 457 g/mol. The molecule has 0 radical (unpaired) electrons. The van der Waals surface area contributed by atoms with Crippen LogP contribution in [0.2, 0.25) is 0 Å². The number of hydrogen-bond donors (Lipinski definition) is 1. The lowest BCUT2D eigenvalue weighted by molar-refractivity contribution is -0.121. The molecule has 1 saturated heterocycles. The van der Waals surface area contributed by atoms with Crippen LogP contribution < -0.4 is 4.74 Å². The van der Waals surface area contributed by atoms with Crippen molar-refractivity contribution in [1.82, 2.24) is 9.97 Å². The van der Waals surface area contributed by atoms with E-state index in [2.05, 4.69) is 11.1 Å². The molecule has 7 nitrogen and oxygen atoms in total. The number of carbonyl (C=O) groups excluding carboxylic acids is 1. The summed E-state index contributed by atoms with van der Waals surface area (Å²) in [5.74, 6) is 1.12. The molecule has 174 valence electrons. The van der Waals surface area contributed by atoms with E-state index in [0.29, 0.717) is 49.6 Å². The van der Waals surface area contributed by atoms with Crippen LogP contribution in [-0.2, 0) is 22.4 Å². The van der Waals surface area contributed by atoms with Gasteiger partial charge in [0.25, 0.3) is 0 Å². The van der Waals surface area contributed by atoms with Crippen molar-refractivity contribution in [2.75, 3.05) is 19.8 Å². The van der Waals surface area contributed by atoms with Crippen molar-refractivity contribution in [3.63, 3.8) is 0 Å². The molecule has 4 rings (SSSR count). The van der Waals surface area contributed by atoms with Crippen molar-refractivity contribution >= 4 is 5.78 Å². The minimum absolute atomic E-state index is 0.0684. The molecule has 1 aliphatic rings. The number of ether oxygens (including phenoxy) is 2. The average Bonchev–Trinajstić information content (AvgIpc) is 2.89. The summed E-state index contributed by atoms with van der Waals surface area (Å²) in [6.07, 6.45) is 4.96. The second-order valence-corrected chi connectivity index (χ2v) is 8.30. The van der Waals surface area contributed by atoms with Crippen LogP contribution in [0.3, 0.4) is 0 Å². The first-order valence-electron chi connectivity index (χ1n) is 11.5. The van der Waals surface area contributed by atoms with Crippen molar-refractivity contribution in [1.29, 1.82) is 5.26 Å². The summed E-state index contributed by atoms with van der Waals surface area (Å²) in [4.78, 5) is 20.4. The van der Waals surface area contributed by atoms with Crippen molar-refractivity contribution < 1.29 is 19.4 Å². The van der Waals surface area contributed by atoms with Gasteiger partial charge in [-0.1, -0.05) is 24.3 Å². The van der Waals surface area contributed by atoms with E-state index in [-0.39, 0.29) is 11.9 Å². The molecule has 0 amide bonds. The van der Waals surface area contributed by atoms with E-state index < -0.39 is 6.61 Å². The SMILES string of the molecule is N#Cc1cc(-c2ccnc(Cc3ccc(CCC(=O)CO)cc3)n2)ccc1OC1CCOCC1. The van der Waals surface area contributed by atoms with Crippen LogP contribution >= 0.6 is 0 Å². The molecule has 1 aliphatic heterocycles. The van der Waals surface area contributed by atoms with Gasteiger partial charge in [-0.15, -0.1) is 0 Å². The number of rotatable bonds is 9. The maximum atomic E-state index is 11.3. The molecule has 2 aromatic carbocycles. The summed E-state index contributed by atoms with van der Waals surface area (Å²) < 4.78 is 11.4. The van der Waals surface area contributed by atoms with Crippen molar-refractivity contribution in [3.05, 3.63) is 77.2 Å². The Morgan fingerprint density at radius 1 is 1.12 bits per heavy atom. The van der Waals surface area contributed by atoms with E-state index in [1.54, 1.807) is 6.20 Å². The van der Waals surface area contributed by atoms with E-state index >= 15 is 0 Å². The molecule has 1 aromatic heterocycles. The lowest BCUT2D eigenvalue weighted by Crippen LogP contribution is -2.26. The number of aromatic nitrogens is 2. The predicted molar refractivity (Wildman–Crippen MR) is 126 cm³/mol. The fraction of sp³-hybridized carbons (Fsp3) is 0.333. The number of hydrogen-bond acceptors (Lipinski definition) is 7. The lowest BCUT2D eigenvalue weighted by atomic mass is 10.0. The molecule has 0 unspecified atom stereocenters. The maximum absolute atomic E-state index is 11.3. The first-order valence-corrected chi connectivity index (χ1v) is 11.5. The second kappa shape index (κ2) is 11.5. The number of carbonyl (C=O) groups is 1. The Balaban J connectivity index is 1.44. The van der Waals surface area contributed by atoms with Crippen LogP contribution in [0.25, 0.3) is 11.3 Å². The molecule has 1 fully saturated rings.